The van der Waals surface area contributed by atoms with E-state index in [0.29, 0.717) is 22.4 Å². The molecule has 1 N–H and O–H groups in total. The Hall–Kier alpha value is -2.94. The van der Waals surface area contributed by atoms with Crippen LogP contribution in [-0.2, 0) is 6.42 Å². The van der Waals surface area contributed by atoms with Crippen molar-refractivity contribution in [2.24, 2.45) is 0 Å². The quantitative estimate of drug-likeness (QED) is 0.676. The number of anilines is 1. The van der Waals surface area contributed by atoms with E-state index in [1.807, 2.05) is 0 Å². The van der Waals surface area contributed by atoms with Crippen LogP contribution < -0.4 is 14.8 Å². The first-order chi connectivity index (χ1) is 12.6. The van der Waals surface area contributed by atoms with Crippen LogP contribution in [0.2, 0.25) is 0 Å². The molecule has 9 heteroatoms. The summed E-state index contributed by atoms with van der Waals surface area (Å²) in [4.78, 5) is 12.3. The van der Waals surface area contributed by atoms with Crippen LogP contribution in [-0.4, -0.2) is 35.5 Å². The molecule has 26 heavy (non-hydrogen) atoms. The van der Waals surface area contributed by atoms with Crippen LogP contribution >= 0.6 is 11.3 Å². The van der Waals surface area contributed by atoms with E-state index in [0.717, 1.165) is 23.4 Å². The average Bonchev–Trinajstić information content (AvgIpc) is 3.31. The summed E-state index contributed by atoms with van der Waals surface area (Å²) in [5, 5.41) is 15.8. The predicted octanol–water partition coefficient (Wildman–Crippen LogP) is 3.42. The molecule has 0 aliphatic carbocycles. The number of amides is 1. The second-order valence-electron chi connectivity index (χ2n) is 5.35. The van der Waals surface area contributed by atoms with Crippen LogP contribution in [0.1, 0.15) is 28.8 Å². The SMILES string of the molecule is CCCc1nnc(NC(=O)c2cc(-c3ccc(OC)c(OC)c3)on2)s1. The summed E-state index contributed by atoms with van der Waals surface area (Å²) < 4.78 is 15.8. The van der Waals surface area contributed by atoms with E-state index in [4.69, 9.17) is 14.0 Å². The summed E-state index contributed by atoms with van der Waals surface area (Å²) >= 11 is 1.35. The first-order valence-electron chi connectivity index (χ1n) is 7.97. The zero-order chi connectivity index (χ0) is 18.5. The zero-order valence-electron chi connectivity index (χ0n) is 14.6. The second kappa shape index (κ2) is 7.96. The lowest BCUT2D eigenvalue weighted by Gasteiger charge is -2.07. The number of aromatic nitrogens is 3. The Balaban J connectivity index is 1.75. The van der Waals surface area contributed by atoms with Crippen molar-refractivity contribution in [1.29, 1.82) is 0 Å². The van der Waals surface area contributed by atoms with Gasteiger partial charge < -0.3 is 14.0 Å². The topological polar surface area (TPSA) is 99.4 Å². The van der Waals surface area contributed by atoms with Crippen LogP contribution in [0.5, 0.6) is 11.5 Å². The number of nitrogens with one attached hydrogen (secondary N) is 1. The lowest BCUT2D eigenvalue weighted by Crippen LogP contribution is -2.11. The number of benzene rings is 1. The third kappa shape index (κ3) is 3.83. The van der Waals surface area contributed by atoms with E-state index in [-0.39, 0.29) is 5.69 Å². The largest absolute Gasteiger partial charge is 0.493 e. The molecule has 136 valence electrons. The zero-order valence-corrected chi connectivity index (χ0v) is 15.4. The van der Waals surface area contributed by atoms with Crippen molar-refractivity contribution in [2.45, 2.75) is 19.8 Å². The molecule has 0 bridgehead atoms. The van der Waals surface area contributed by atoms with Crippen molar-refractivity contribution in [3.05, 3.63) is 35.0 Å². The number of methoxy groups -OCH3 is 2. The van der Waals surface area contributed by atoms with Gasteiger partial charge in [-0.3, -0.25) is 10.1 Å². The molecule has 1 aromatic carbocycles. The Morgan fingerprint density at radius 1 is 1.19 bits per heavy atom. The number of nitrogens with zero attached hydrogens (tertiary/aromatic N) is 3. The van der Waals surface area contributed by atoms with E-state index in [1.54, 1.807) is 38.5 Å². The molecule has 3 aromatic rings. The van der Waals surface area contributed by atoms with Crippen molar-refractivity contribution < 1.29 is 18.8 Å². The first kappa shape index (κ1) is 17.9. The maximum atomic E-state index is 12.3. The lowest BCUT2D eigenvalue weighted by molar-refractivity contribution is 0.101. The van der Waals surface area contributed by atoms with E-state index in [2.05, 4.69) is 27.6 Å². The van der Waals surface area contributed by atoms with Gasteiger partial charge in [-0.15, -0.1) is 10.2 Å². The van der Waals surface area contributed by atoms with Gasteiger partial charge in [-0.2, -0.15) is 0 Å². The molecule has 3 rings (SSSR count). The summed E-state index contributed by atoms with van der Waals surface area (Å²) in [6, 6.07) is 6.87. The van der Waals surface area contributed by atoms with E-state index in [9.17, 15) is 4.79 Å². The molecular weight excluding hydrogens is 356 g/mol. The van der Waals surface area contributed by atoms with Gasteiger partial charge in [0.25, 0.3) is 5.91 Å². The minimum Gasteiger partial charge on any atom is -0.493 e. The molecule has 2 aromatic heterocycles. The number of ether oxygens (including phenoxy) is 2. The predicted molar refractivity (Wildman–Crippen MR) is 96.9 cm³/mol. The normalized spacial score (nSPS) is 10.6. The van der Waals surface area contributed by atoms with Gasteiger partial charge in [0.1, 0.15) is 5.01 Å². The monoisotopic (exact) mass is 374 g/mol. The molecule has 0 saturated carbocycles. The Kier molecular flexibility index (Phi) is 5.47. The minimum absolute atomic E-state index is 0.155. The number of carbonyl (C=O) groups excluding carboxylic acids is 1. The van der Waals surface area contributed by atoms with Crippen molar-refractivity contribution >= 4 is 22.4 Å². The molecule has 0 aliphatic heterocycles. The summed E-state index contributed by atoms with van der Waals surface area (Å²) in [7, 11) is 3.11. The molecular formula is C17H18N4O4S. The highest BCUT2D eigenvalue weighted by molar-refractivity contribution is 7.15. The standard InChI is InChI=1S/C17H18N4O4S/c1-4-5-15-19-20-17(26-15)18-16(22)11-9-13(25-21-11)10-6-7-12(23-2)14(8-10)24-3/h6-9H,4-5H2,1-3H3,(H,18,20,22). The van der Waals surface area contributed by atoms with Crippen molar-refractivity contribution in [3.8, 4) is 22.8 Å². The van der Waals surface area contributed by atoms with Crippen molar-refractivity contribution in [2.75, 3.05) is 19.5 Å². The van der Waals surface area contributed by atoms with Gasteiger partial charge >= 0.3 is 0 Å². The van der Waals surface area contributed by atoms with Crippen molar-refractivity contribution in [1.82, 2.24) is 15.4 Å². The fourth-order valence-electron chi connectivity index (χ4n) is 2.29. The van der Waals surface area contributed by atoms with Crippen LogP contribution in [0.15, 0.2) is 28.8 Å². The van der Waals surface area contributed by atoms with Gasteiger partial charge in [-0.25, -0.2) is 0 Å². The molecule has 0 saturated heterocycles. The van der Waals surface area contributed by atoms with Crippen LogP contribution in [0, 0.1) is 0 Å². The number of carbonyl (C=O) groups is 1. The van der Waals surface area contributed by atoms with Gasteiger partial charge in [-0.05, 0) is 24.6 Å². The summed E-state index contributed by atoms with van der Waals surface area (Å²) in [6.07, 6.45) is 1.81. The average molecular weight is 374 g/mol. The number of aryl methyl sites for hydroxylation is 1. The highest BCUT2D eigenvalue weighted by atomic mass is 32.1. The van der Waals surface area contributed by atoms with Gasteiger partial charge in [0.15, 0.2) is 23.0 Å². The van der Waals surface area contributed by atoms with Gasteiger partial charge in [-0.1, -0.05) is 23.4 Å². The third-order valence-corrected chi connectivity index (χ3v) is 4.46. The van der Waals surface area contributed by atoms with E-state index in [1.165, 1.54) is 11.3 Å². The second-order valence-corrected chi connectivity index (χ2v) is 6.41. The lowest BCUT2D eigenvalue weighted by atomic mass is 10.1. The molecule has 0 atom stereocenters. The van der Waals surface area contributed by atoms with Crippen molar-refractivity contribution in [3.63, 3.8) is 0 Å². The smallest absolute Gasteiger partial charge is 0.279 e. The minimum atomic E-state index is -0.403. The van der Waals surface area contributed by atoms with Crippen LogP contribution in [0.25, 0.3) is 11.3 Å². The van der Waals surface area contributed by atoms with Gasteiger partial charge in [0.2, 0.25) is 5.13 Å². The van der Waals surface area contributed by atoms with E-state index < -0.39 is 5.91 Å². The fourth-order valence-corrected chi connectivity index (χ4v) is 3.12. The molecule has 2 heterocycles. The maximum Gasteiger partial charge on any atom is 0.279 e. The molecule has 0 unspecified atom stereocenters. The first-order valence-corrected chi connectivity index (χ1v) is 8.79. The van der Waals surface area contributed by atoms with Crippen LogP contribution in [0.4, 0.5) is 5.13 Å². The molecule has 0 radical (unpaired) electrons. The Labute approximate surface area is 154 Å². The Bertz CT molecular complexity index is 906. The summed E-state index contributed by atoms with van der Waals surface area (Å²) in [5.41, 5.74) is 0.873. The van der Waals surface area contributed by atoms with Crippen LogP contribution in [0.3, 0.4) is 0 Å². The number of hydrogen-bond donors (Lipinski definition) is 1. The summed E-state index contributed by atoms with van der Waals surface area (Å²) in [6.45, 7) is 2.06. The maximum absolute atomic E-state index is 12.3. The highest BCUT2D eigenvalue weighted by Crippen LogP contribution is 2.32. The fraction of sp³-hybridized carbons (Fsp3) is 0.294. The van der Waals surface area contributed by atoms with Gasteiger partial charge in [0, 0.05) is 18.1 Å². The third-order valence-electron chi connectivity index (χ3n) is 3.56. The Morgan fingerprint density at radius 3 is 2.73 bits per heavy atom. The molecule has 0 aliphatic rings. The Morgan fingerprint density at radius 2 is 2.00 bits per heavy atom. The van der Waals surface area contributed by atoms with Gasteiger partial charge in [0.05, 0.1) is 14.2 Å². The molecule has 1 amide bonds. The molecule has 0 spiro atoms. The number of rotatable bonds is 7. The highest BCUT2D eigenvalue weighted by Gasteiger charge is 2.17. The van der Waals surface area contributed by atoms with E-state index >= 15 is 0 Å². The molecule has 8 nitrogen and oxygen atoms in total. The number of hydrogen-bond acceptors (Lipinski definition) is 8. The molecule has 0 fully saturated rings. The summed E-state index contributed by atoms with van der Waals surface area (Å²) in [5.74, 6) is 1.21.